The first-order valence-corrected chi connectivity index (χ1v) is 11.0. The first-order chi connectivity index (χ1) is 14.6. The van der Waals surface area contributed by atoms with E-state index in [1.807, 2.05) is 0 Å². The summed E-state index contributed by atoms with van der Waals surface area (Å²) in [5, 5.41) is 0. The molecule has 0 aliphatic heterocycles. The zero-order valence-electron chi connectivity index (χ0n) is 17.5. The van der Waals surface area contributed by atoms with Gasteiger partial charge in [-0.25, -0.2) is 4.79 Å². The lowest BCUT2D eigenvalue weighted by atomic mass is 9.93. The molecule has 0 radical (unpaired) electrons. The van der Waals surface area contributed by atoms with Crippen LogP contribution >= 0.6 is 7.60 Å². The number of halogens is 3. The lowest BCUT2D eigenvalue weighted by Crippen LogP contribution is -2.52. The molecule has 2 atom stereocenters. The SMILES string of the molecule is CCOP(=O)(OCC)[C@H](OC(=O)[C@](OC)(c1ccccc1)C(F)(F)F)c1ccc(C)o1. The Balaban J connectivity index is 2.60. The summed E-state index contributed by atoms with van der Waals surface area (Å²) >= 11 is 0. The highest BCUT2D eigenvalue weighted by Crippen LogP contribution is 2.62. The van der Waals surface area contributed by atoms with Gasteiger partial charge in [-0.15, -0.1) is 0 Å². The molecule has 1 heterocycles. The highest BCUT2D eigenvalue weighted by Gasteiger charge is 2.65. The number of ether oxygens (including phenoxy) is 2. The van der Waals surface area contributed by atoms with Gasteiger partial charge in [-0.3, -0.25) is 4.57 Å². The third-order valence-electron chi connectivity index (χ3n) is 4.30. The molecule has 172 valence electrons. The van der Waals surface area contributed by atoms with Gasteiger partial charge in [0.25, 0.3) is 11.4 Å². The molecule has 0 aliphatic carbocycles. The lowest BCUT2D eigenvalue weighted by molar-refractivity contribution is -0.277. The minimum Gasteiger partial charge on any atom is -0.462 e. The predicted molar refractivity (Wildman–Crippen MR) is 104 cm³/mol. The second kappa shape index (κ2) is 9.99. The third kappa shape index (κ3) is 5.03. The van der Waals surface area contributed by atoms with Crippen LogP contribution in [0.15, 0.2) is 46.9 Å². The van der Waals surface area contributed by atoms with E-state index in [9.17, 15) is 22.5 Å². The molecule has 1 aromatic carbocycles. The first-order valence-electron chi connectivity index (χ1n) is 9.39. The number of hydrogen-bond donors (Lipinski definition) is 0. The Morgan fingerprint density at radius 1 is 1.06 bits per heavy atom. The molecule has 0 aliphatic rings. The molecule has 0 saturated heterocycles. The van der Waals surface area contributed by atoms with Gasteiger partial charge < -0.3 is 22.9 Å². The fraction of sp³-hybridized carbons (Fsp3) is 0.450. The minimum atomic E-state index is -5.20. The Morgan fingerprint density at radius 2 is 1.65 bits per heavy atom. The van der Waals surface area contributed by atoms with E-state index < -0.39 is 36.8 Å². The number of methoxy groups -OCH3 is 1. The van der Waals surface area contributed by atoms with Crippen LogP contribution in [0.2, 0.25) is 0 Å². The fourth-order valence-electron chi connectivity index (χ4n) is 2.97. The molecule has 0 N–H and O–H groups in total. The normalized spacial score (nSPS) is 15.3. The maximum absolute atomic E-state index is 14.2. The Kier molecular flexibility index (Phi) is 8.10. The van der Waals surface area contributed by atoms with Crippen LogP contribution in [0.25, 0.3) is 0 Å². The second-order valence-electron chi connectivity index (χ2n) is 6.33. The van der Waals surface area contributed by atoms with E-state index in [4.69, 9.17) is 22.9 Å². The smallest absolute Gasteiger partial charge is 0.432 e. The third-order valence-corrected chi connectivity index (χ3v) is 6.47. The van der Waals surface area contributed by atoms with Gasteiger partial charge in [0.1, 0.15) is 5.76 Å². The molecule has 2 aromatic rings. The van der Waals surface area contributed by atoms with Gasteiger partial charge in [-0.2, -0.15) is 13.2 Å². The number of alkyl halides is 3. The molecule has 11 heteroatoms. The molecule has 0 unspecified atom stereocenters. The molecule has 0 bridgehead atoms. The maximum Gasteiger partial charge on any atom is 0.432 e. The average molecular weight is 464 g/mol. The molecule has 7 nitrogen and oxygen atoms in total. The molecule has 0 fully saturated rings. The van der Waals surface area contributed by atoms with Gasteiger partial charge in [0, 0.05) is 12.7 Å². The Hall–Kier alpha value is -2.13. The second-order valence-corrected chi connectivity index (χ2v) is 8.40. The lowest BCUT2D eigenvalue weighted by Gasteiger charge is -2.34. The van der Waals surface area contributed by atoms with Crippen LogP contribution in [0.4, 0.5) is 13.2 Å². The molecule has 31 heavy (non-hydrogen) atoms. The van der Waals surface area contributed by atoms with Crippen LogP contribution in [-0.4, -0.2) is 32.5 Å². The van der Waals surface area contributed by atoms with E-state index >= 15 is 0 Å². The molecular formula is C20H24F3O7P. The van der Waals surface area contributed by atoms with E-state index in [0.717, 1.165) is 19.2 Å². The van der Waals surface area contributed by atoms with E-state index in [1.54, 1.807) is 6.92 Å². The predicted octanol–water partition coefficient (Wildman–Crippen LogP) is 5.50. The first kappa shape index (κ1) is 25.1. The van der Waals surface area contributed by atoms with E-state index in [2.05, 4.69) is 0 Å². The van der Waals surface area contributed by atoms with Crippen molar-refractivity contribution in [2.45, 2.75) is 38.4 Å². The molecule has 2 rings (SSSR count). The van der Waals surface area contributed by atoms with Crippen molar-refractivity contribution in [1.82, 2.24) is 0 Å². The average Bonchev–Trinajstić information content (AvgIpc) is 3.13. The zero-order chi connectivity index (χ0) is 23.3. The summed E-state index contributed by atoms with van der Waals surface area (Å²) in [7, 11) is -3.54. The van der Waals surface area contributed by atoms with Crippen LogP contribution < -0.4 is 0 Å². The summed E-state index contributed by atoms with van der Waals surface area (Å²) in [5.74, 6) is -3.55. The number of aryl methyl sites for hydroxylation is 1. The van der Waals surface area contributed by atoms with E-state index in [0.29, 0.717) is 5.76 Å². The van der Waals surface area contributed by atoms with Crippen molar-refractivity contribution in [3.05, 3.63) is 59.5 Å². The molecule has 0 amide bonds. The molecular weight excluding hydrogens is 440 g/mol. The summed E-state index contributed by atoms with van der Waals surface area (Å²) < 4.78 is 81.6. The van der Waals surface area contributed by atoms with Crippen molar-refractivity contribution in [1.29, 1.82) is 0 Å². The summed E-state index contributed by atoms with van der Waals surface area (Å²) in [6.45, 7) is 4.36. The molecule has 1 aromatic heterocycles. The fourth-order valence-corrected chi connectivity index (χ4v) is 4.71. The quantitative estimate of drug-likeness (QED) is 0.339. The van der Waals surface area contributed by atoms with Crippen molar-refractivity contribution in [3.8, 4) is 0 Å². The van der Waals surface area contributed by atoms with Crippen molar-refractivity contribution < 1.29 is 45.5 Å². The summed E-state index contributed by atoms with van der Waals surface area (Å²) in [4.78, 5) is 13.0. The van der Waals surface area contributed by atoms with Crippen LogP contribution in [0.3, 0.4) is 0 Å². The summed E-state index contributed by atoms with van der Waals surface area (Å²) in [6, 6.07) is 9.08. The van der Waals surface area contributed by atoms with Crippen molar-refractivity contribution >= 4 is 13.6 Å². The van der Waals surface area contributed by atoms with Gasteiger partial charge in [-0.05, 0) is 32.9 Å². The summed E-state index contributed by atoms with van der Waals surface area (Å²) in [5.41, 5.74) is -3.98. The minimum absolute atomic E-state index is 0.113. The Labute approximate surface area is 178 Å². The standard InChI is InChI=1S/C20H24F3O7P/c1-5-27-31(25,28-6-2)17(16-13-12-14(3)29-16)30-18(24)19(26-4,20(21,22)23)15-10-8-7-9-11-15/h7-13,17H,5-6H2,1-4H3/t17-,19+/m0/s1. The number of esters is 1. The topological polar surface area (TPSA) is 84.2 Å². The maximum atomic E-state index is 14.2. The summed E-state index contributed by atoms with van der Waals surface area (Å²) in [6.07, 6.45) is -5.20. The van der Waals surface area contributed by atoms with E-state index in [-0.39, 0.29) is 19.0 Å². The highest BCUT2D eigenvalue weighted by atomic mass is 31.2. The monoisotopic (exact) mass is 464 g/mol. The number of carbonyl (C=O) groups excluding carboxylic acids is 1. The van der Waals surface area contributed by atoms with Crippen molar-refractivity contribution in [3.63, 3.8) is 0 Å². The van der Waals surface area contributed by atoms with Gasteiger partial charge >= 0.3 is 19.7 Å². The molecule has 0 spiro atoms. The van der Waals surface area contributed by atoms with Crippen LogP contribution in [0.5, 0.6) is 0 Å². The number of rotatable bonds is 10. The van der Waals surface area contributed by atoms with Crippen molar-refractivity contribution in [2.75, 3.05) is 20.3 Å². The van der Waals surface area contributed by atoms with Gasteiger partial charge in [0.2, 0.25) is 0 Å². The zero-order valence-corrected chi connectivity index (χ0v) is 18.4. The number of furan rings is 1. The van der Waals surface area contributed by atoms with Gasteiger partial charge in [0.05, 0.1) is 13.2 Å². The van der Waals surface area contributed by atoms with Gasteiger partial charge in [0.15, 0.2) is 5.76 Å². The number of hydrogen-bond acceptors (Lipinski definition) is 7. The van der Waals surface area contributed by atoms with Gasteiger partial charge in [-0.1, -0.05) is 30.3 Å². The van der Waals surface area contributed by atoms with Crippen LogP contribution in [-0.2, 0) is 33.5 Å². The molecule has 0 saturated carbocycles. The number of benzene rings is 1. The van der Waals surface area contributed by atoms with Crippen LogP contribution in [0, 0.1) is 6.92 Å². The highest BCUT2D eigenvalue weighted by molar-refractivity contribution is 7.54. The largest absolute Gasteiger partial charge is 0.462 e. The van der Waals surface area contributed by atoms with Crippen molar-refractivity contribution in [2.24, 2.45) is 0 Å². The van der Waals surface area contributed by atoms with Crippen LogP contribution in [0.1, 0.15) is 36.8 Å². The number of carbonyl (C=O) groups is 1. The van der Waals surface area contributed by atoms with E-state index in [1.165, 1.54) is 44.2 Å². The Morgan fingerprint density at radius 3 is 2.06 bits per heavy atom. The Bertz CT molecular complexity index is 903.